The van der Waals surface area contributed by atoms with Gasteiger partial charge in [-0.15, -0.1) is 0 Å². The molecule has 0 aliphatic heterocycles. The first-order valence-electron chi connectivity index (χ1n) is 10.9. The Bertz CT molecular complexity index is 611. The van der Waals surface area contributed by atoms with E-state index in [-0.39, 0.29) is 16.7 Å². The minimum Gasteiger partial charge on any atom is -0.381 e. The first-order valence-corrected chi connectivity index (χ1v) is 10.9. The minimum absolute atomic E-state index is 0.137. The lowest BCUT2D eigenvalue weighted by Gasteiger charge is -2.58. The van der Waals surface area contributed by atoms with Crippen molar-refractivity contribution in [2.75, 3.05) is 7.11 Å². The number of allylic oxidation sites excluding steroid dienone is 1. The third kappa shape index (κ3) is 2.91. The van der Waals surface area contributed by atoms with Crippen LogP contribution in [0, 0.1) is 40.4 Å². The molecular formula is C23H35F3O. The molecular weight excluding hydrogens is 349 g/mol. The van der Waals surface area contributed by atoms with E-state index in [0.29, 0.717) is 23.9 Å². The Balaban J connectivity index is 1.60. The largest absolute Gasteiger partial charge is 0.391 e. The van der Waals surface area contributed by atoms with E-state index in [9.17, 15) is 13.2 Å². The van der Waals surface area contributed by atoms with Crippen LogP contribution in [0.1, 0.15) is 72.1 Å². The molecule has 0 heterocycles. The Morgan fingerprint density at radius 1 is 1.07 bits per heavy atom. The van der Waals surface area contributed by atoms with Gasteiger partial charge >= 0.3 is 6.18 Å². The Morgan fingerprint density at radius 2 is 1.81 bits per heavy atom. The van der Waals surface area contributed by atoms with E-state index in [1.165, 1.54) is 13.3 Å². The summed E-state index contributed by atoms with van der Waals surface area (Å²) in [7, 11) is 1.81. The van der Waals surface area contributed by atoms with Gasteiger partial charge < -0.3 is 4.74 Å². The predicted octanol–water partition coefficient (Wildman–Crippen LogP) is 6.78. The van der Waals surface area contributed by atoms with Crippen LogP contribution in [-0.2, 0) is 4.74 Å². The molecule has 0 amide bonds. The lowest BCUT2D eigenvalue weighted by molar-refractivity contribution is -0.198. The molecule has 0 N–H and O–H groups in total. The molecule has 3 saturated carbocycles. The third-order valence-corrected chi connectivity index (χ3v) is 9.59. The number of alkyl halides is 3. The number of methoxy groups -OCH3 is 1. The van der Waals surface area contributed by atoms with Gasteiger partial charge in [-0.1, -0.05) is 32.4 Å². The number of halogens is 3. The van der Waals surface area contributed by atoms with E-state index in [2.05, 4.69) is 19.9 Å². The SMILES string of the molecule is COC1CCC2(C)C(=CCC3C2CCC2(C)C3CCC2C(C)C(F)(F)F)C1. The van der Waals surface area contributed by atoms with Crippen LogP contribution in [0.25, 0.3) is 0 Å². The van der Waals surface area contributed by atoms with Crippen molar-refractivity contribution in [1.82, 2.24) is 0 Å². The van der Waals surface area contributed by atoms with E-state index in [1.807, 2.05) is 7.11 Å². The summed E-state index contributed by atoms with van der Waals surface area (Å²) in [5.41, 5.74) is 1.68. The van der Waals surface area contributed by atoms with Crippen molar-refractivity contribution >= 4 is 0 Å². The van der Waals surface area contributed by atoms with Crippen molar-refractivity contribution in [3.05, 3.63) is 11.6 Å². The minimum atomic E-state index is -4.07. The smallest absolute Gasteiger partial charge is 0.381 e. The quantitative estimate of drug-likeness (QED) is 0.477. The van der Waals surface area contributed by atoms with Gasteiger partial charge in [-0.25, -0.2) is 0 Å². The van der Waals surface area contributed by atoms with Crippen LogP contribution in [0.4, 0.5) is 13.2 Å². The molecule has 0 aromatic heterocycles. The number of rotatable bonds is 2. The average Bonchev–Trinajstić information content (AvgIpc) is 2.96. The van der Waals surface area contributed by atoms with Crippen molar-refractivity contribution in [3.63, 3.8) is 0 Å². The molecule has 8 unspecified atom stereocenters. The number of ether oxygens (including phenoxy) is 1. The van der Waals surface area contributed by atoms with Crippen LogP contribution < -0.4 is 0 Å². The zero-order chi connectivity index (χ0) is 19.6. The Hall–Kier alpha value is -0.510. The normalized spacial score (nSPS) is 48.3. The lowest BCUT2D eigenvalue weighted by atomic mass is 9.47. The van der Waals surface area contributed by atoms with Gasteiger partial charge in [0.05, 0.1) is 12.0 Å². The van der Waals surface area contributed by atoms with Crippen molar-refractivity contribution in [3.8, 4) is 0 Å². The van der Waals surface area contributed by atoms with Gasteiger partial charge in [-0.05, 0) is 85.9 Å². The molecule has 0 aromatic rings. The number of fused-ring (bicyclic) bond motifs is 5. The Morgan fingerprint density at radius 3 is 2.48 bits per heavy atom. The molecule has 27 heavy (non-hydrogen) atoms. The zero-order valence-electron chi connectivity index (χ0n) is 17.2. The fourth-order valence-electron chi connectivity index (χ4n) is 7.92. The van der Waals surface area contributed by atoms with Crippen LogP contribution in [0.5, 0.6) is 0 Å². The van der Waals surface area contributed by atoms with Gasteiger partial charge in [-0.3, -0.25) is 0 Å². The van der Waals surface area contributed by atoms with Crippen LogP contribution in [-0.4, -0.2) is 19.4 Å². The van der Waals surface area contributed by atoms with Gasteiger partial charge in [0, 0.05) is 7.11 Å². The summed E-state index contributed by atoms with van der Waals surface area (Å²) in [6, 6.07) is 0. The average molecular weight is 385 g/mol. The molecule has 4 aliphatic rings. The fourth-order valence-corrected chi connectivity index (χ4v) is 7.92. The highest BCUT2D eigenvalue weighted by Crippen LogP contribution is 2.67. The topological polar surface area (TPSA) is 9.23 Å². The number of hydrogen-bond acceptors (Lipinski definition) is 1. The number of hydrogen-bond donors (Lipinski definition) is 0. The second kappa shape index (κ2) is 6.50. The fraction of sp³-hybridized carbons (Fsp3) is 0.913. The van der Waals surface area contributed by atoms with Gasteiger partial charge in [-0.2, -0.15) is 13.2 Å². The molecule has 0 radical (unpaired) electrons. The Labute approximate surface area is 162 Å². The molecule has 154 valence electrons. The van der Waals surface area contributed by atoms with Crippen LogP contribution in [0.15, 0.2) is 11.6 Å². The highest BCUT2D eigenvalue weighted by molar-refractivity contribution is 5.25. The summed E-state index contributed by atoms with van der Waals surface area (Å²) < 4.78 is 46.1. The summed E-state index contributed by atoms with van der Waals surface area (Å²) >= 11 is 0. The van der Waals surface area contributed by atoms with Crippen LogP contribution in [0.3, 0.4) is 0 Å². The third-order valence-electron chi connectivity index (χ3n) is 9.59. The van der Waals surface area contributed by atoms with E-state index < -0.39 is 12.1 Å². The lowest BCUT2D eigenvalue weighted by Crippen LogP contribution is -2.51. The monoisotopic (exact) mass is 384 g/mol. The van der Waals surface area contributed by atoms with Gasteiger partial charge in [0.2, 0.25) is 0 Å². The van der Waals surface area contributed by atoms with Crippen molar-refractivity contribution in [2.24, 2.45) is 40.4 Å². The van der Waals surface area contributed by atoms with Crippen LogP contribution in [0.2, 0.25) is 0 Å². The van der Waals surface area contributed by atoms with Crippen LogP contribution >= 0.6 is 0 Å². The predicted molar refractivity (Wildman–Crippen MR) is 101 cm³/mol. The highest BCUT2D eigenvalue weighted by Gasteiger charge is 2.61. The van der Waals surface area contributed by atoms with Crippen molar-refractivity contribution in [2.45, 2.75) is 84.4 Å². The van der Waals surface area contributed by atoms with Crippen molar-refractivity contribution < 1.29 is 17.9 Å². The molecule has 0 spiro atoms. The molecule has 4 rings (SSSR count). The van der Waals surface area contributed by atoms with E-state index in [0.717, 1.165) is 44.9 Å². The molecule has 0 aromatic carbocycles. The molecule has 0 saturated heterocycles. The second-order valence-electron chi connectivity index (χ2n) is 10.4. The van der Waals surface area contributed by atoms with E-state index in [4.69, 9.17) is 4.74 Å². The summed E-state index contributed by atoms with van der Waals surface area (Å²) in [4.78, 5) is 0. The van der Waals surface area contributed by atoms with Gasteiger partial charge in [0.1, 0.15) is 0 Å². The molecule has 3 fully saturated rings. The molecule has 4 heteroatoms. The van der Waals surface area contributed by atoms with Gasteiger partial charge in [0.25, 0.3) is 0 Å². The Kier molecular flexibility index (Phi) is 4.77. The maximum Gasteiger partial charge on any atom is 0.391 e. The first kappa shape index (κ1) is 19.8. The summed E-state index contributed by atoms with van der Waals surface area (Å²) in [6.07, 6.45) is 6.96. The summed E-state index contributed by atoms with van der Waals surface area (Å²) in [6.45, 7) is 6.06. The van der Waals surface area contributed by atoms with E-state index in [1.54, 1.807) is 5.57 Å². The first-order chi connectivity index (χ1) is 12.6. The maximum atomic E-state index is 13.5. The zero-order valence-corrected chi connectivity index (χ0v) is 17.2. The van der Waals surface area contributed by atoms with Gasteiger partial charge in [0.15, 0.2) is 0 Å². The maximum absolute atomic E-state index is 13.5. The van der Waals surface area contributed by atoms with Crippen molar-refractivity contribution in [1.29, 1.82) is 0 Å². The second-order valence-corrected chi connectivity index (χ2v) is 10.4. The molecule has 4 aliphatic carbocycles. The summed E-state index contributed by atoms with van der Waals surface area (Å²) in [5, 5.41) is 0. The molecule has 8 atom stereocenters. The summed E-state index contributed by atoms with van der Waals surface area (Å²) in [5.74, 6) is 0.300. The van der Waals surface area contributed by atoms with E-state index >= 15 is 0 Å². The highest BCUT2D eigenvalue weighted by atomic mass is 19.4. The molecule has 1 nitrogen and oxygen atoms in total. The standard InChI is InChI=1S/C23H35F3O/c1-14(23(24,25)26)18-7-8-19-17-6-5-15-13-16(27-4)9-11-21(15,2)20(17)10-12-22(18,19)3/h5,14,16-20H,6-13H2,1-4H3. The molecule has 0 bridgehead atoms.